The molecule has 2 aromatic heterocycles. The molecule has 0 saturated heterocycles. The Kier molecular flexibility index (Phi) is 6.77. The fourth-order valence-electron chi connectivity index (χ4n) is 5.12. The zero-order chi connectivity index (χ0) is 27.4. The average Bonchev–Trinajstić information content (AvgIpc) is 3.50. The van der Waals surface area contributed by atoms with Crippen molar-refractivity contribution in [2.45, 2.75) is 12.5 Å². The van der Waals surface area contributed by atoms with Crippen LogP contribution in [0.5, 0.6) is 5.88 Å². The molecule has 0 aliphatic rings. The summed E-state index contributed by atoms with van der Waals surface area (Å²) in [7, 11) is 0. The maximum Gasteiger partial charge on any atom is 0.213 e. The molecule has 0 unspecified atom stereocenters. The Balaban J connectivity index is 1.56. The van der Waals surface area contributed by atoms with Crippen molar-refractivity contribution in [3.8, 4) is 28.4 Å². The molecule has 7 heteroatoms. The largest absolute Gasteiger partial charge is 0.478 e. The van der Waals surface area contributed by atoms with Crippen molar-refractivity contribution in [2.24, 2.45) is 0 Å². The number of aromatic nitrogens is 5. The van der Waals surface area contributed by atoms with Gasteiger partial charge in [-0.1, -0.05) is 97.1 Å². The number of nitrogens with zero attached hydrogens (tertiary/aromatic N) is 5. The number of pyridine rings is 1. The third kappa shape index (κ3) is 4.47. The molecule has 0 saturated carbocycles. The van der Waals surface area contributed by atoms with Crippen LogP contribution in [0.2, 0.25) is 0 Å². The van der Waals surface area contributed by atoms with E-state index < -0.39 is 5.54 Å². The maximum absolute atomic E-state index is 6.25. The highest BCUT2D eigenvalue weighted by atomic mass is 16.5. The van der Waals surface area contributed by atoms with Crippen molar-refractivity contribution >= 4 is 5.69 Å². The summed E-state index contributed by atoms with van der Waals surface area (Å²) in [5.74, 6) is 1.04. The predicted molar refractivity (Wildman–Crippen MR) is 157 cm³/mol. The van der Waals surface area contributed by atoms with Gasteiger partial charge in [0.2, 0.25) is 11.7 Å². The molecule has 6 aromatic rings. The van der Waals surface area contributed by atoms with Gasteiger partial charge in [-0.15, -0.1) is 15.0 Å². The van der Waals surface area contributed by atoms with E-state index in [4.69, 9.17) is 15.6 Å². The molecule has 0 amide bonds. The van der Waals surface area contributed by atoms with E-state index in [1.54, 1.807) is 11.0 Å². The van der Waals surface area contributed by atoms with Gasteiger partial charge in [-0.2, -0.15) is 0 Å². The Bertz CT molecular complexity index is 1600. The molecule has 0 aliphatic heterocycles. The third-order valence-corrected chi connectivity index (χ3v) is 6.91. The minimum atomic E-state index is -0.865. The van der Waals surface area contributed by atoms with Crippen molar-refractivity contribution < 1.29 is 4.74 Å². The summed E-state index contributed by atoms with van der Waals surface area (Å²) in [4.78, 5) is 6.16. The van der Waals surface area contributed by atoms with Gasteiger partial charge in [0, 0.05) is 29.1 Å². The van der Waals surface area contributed by atoms with Crippen molar-refractivity contribution in [3.63, 3.8) is 0 Å². The van der Waals surface area contributed by atoms with Gasteiger partial charge < -0.3 is 10.5 Å². The Morgan fingerprint density at radius 1 is 0.725 bits per heavy atom. The first-order chi connectivity index (χ1) is 19.7. The number of benzene rings is 4. The number of nitrogens with two attached hydrogens (primary N) is 1. The summed E-state index contributed by atoms with van der Waals surface area (Å²) >= 11 is 0. The fourth-order valence-corrected chi connectivity index (χ4v) is 5.12. The van der Waals surface area contributed by atoms with Crippen molar-refractivity contribution in [1.29, 1.82) is 0 Å². The summed E-state index contributed by atoms with van der Waals surface area (Å²) in [6, 6.07) is 40.3. The highest BCUT2D eigenvalue weighted by Gasteiger charge is 2.41. The van der Waals surface area contributed by atoms with Crippen LogP contribution in [0.25, 0.3) is 22.5 Å². The first-order valence-electron chi connectivity index (χ1n) is 13.2. The predicted octanol–water partition coefficient (Wildman–Crippen LogP) is 6.22. The lowest BCUT2D eigenvalue weighted by atomic mass is 9.77. The van der Waals surface area contributed by atoms with Gasteiger partial charge in [0.15, 0.2) is 5.54 Å². The van der Waals surface area contributed by atoms with Crippen molar-refractivity contribution in [3.05, 3.63) is 144 Å². The topological polar surface area (TPSA) is 91.7 Å². The van der Waals surface area contributed by atoms with Crippen LogP contribution in [0.1, 0.15) is 23.6 Å². The molecule has 40 heavy (non-hydrogen) atoms. The van der Waals surface area contributed by atoms with Crippen LogP contribution in [0.15, 0.2) is 128 Å². The van der Waals surface area contributed by atoms with Gasteiger partial charge in [-0.25, -0.2) is 4.98 Å². The SMILES string of the molecule is CCOc1ccc(-c2ccc(N)cc2-c2nnn(C(c3ccccc3)(c3ccccc3)c3ccccc3)n2)cn1. The molecule has 0 bridgehead atoms. The molecule has 0 aliphatic carbocycles. The fraction of sp³-hybridized carbons (Fsp3) is 0.0909. The minimum Gasteiger partial charge on any atom is -0.478 e. The number of hydrogen-bond donors (Lipinski definition) is 1. The number of ether oxygens (including phenoxy) is 1. The van der Waals surface area contributed by atoms with Crippen molar-refractivity contribution in [2.75, 3.05) is 12.3 Å². The number of anilines is 1. The quantitative estimate of drug-likeness (QED) is 0.188. The Labute approximate surface area is 232 Å². The molecule has 4 aromatic carbocycles. The standard InChI is InChI=1S/C33H28N6O/c1-2-40-31-21-18-24(23-35-31)29-20-19-28(34)22-30(29)32-36-38-39(37-32)33(25-12-6-3-7-13-25,26-14-8-4-9-15-26)27-16-10-5-11-17-27/h3-23H,2,34H2,1H3. The van der Waals surface area contributed by atoms with E-state index in [1.807, 2.05) is 91.9 Å². The van der Waals surface area contributed by atoms with E-state index >= 15 is 0 Å². The molecule has 2 N–H and O–H groups in total. The Morgan fingerprint density at radius 3 is 1.85 bits per heavy atom. The van der Waals surface area contributed by atoms with Gasteiger partial charge in [-0.3, -0.25) is 0 Å². The lowest BCUT2D eigenvalue weighted by Gasteiger charge is -2.34. The average molecular weight is 525 g/mol. The number of tetrazole rings is 1. The zero-order valence-electron chi connectivity index (χ0n) is 22.1. The highest BCUT2D eigenvalue weighted by Crippen LogP contribution is 2.40. The Hall–Kier alpha value is -5.30. The van der Waals surface area contributed by atoms with Crippen molar-refractivity contribution in [1.82, 2.24) is 25.2 Å². The minimum absolute atomic E-state index is 0.461. The first kappa shape index (κ1) is 25.0. The van der Waals surface area contributed by atoms with Gasteiger partial charge in [-0.05, 0) is 52.6 Å². The molecule has 0 radical (unpaired) electrons. The summed E-state index contributed by atoms with van der Waals surface area (Å²) in [5.41, 5.74) is 11.6. The van der Waals surface area contributed by atoms with Crippen LogP contribution < -0.4 is 10.5 Å². The second-order valence-corrected chi connectivity index (χ2v) is 9.33. The molecule has 6 rings (SSSR count). The Morgan fingerprint density at radius 2 is 1.32 bits per heavy atom. The van der Waals surface area contributed by atoms with E-state index in [0.29, 0.717) is 24.0 Å². The molecule has 0 atom stereocenters. The highest BCUT2D eigenvalue weighted by molar-refractivity contribution is 5.82. The molecule has 2 heterocycles. The van der Waals surface area contributed by atoms with Crippen LogP contribution in [0.3, 0.4) is 0 Å². The van der Waals surface area contributed by atoms with E-state index in [1.165, 1.54) is 0 Å². The van der Waals surface area contributed by atoms with Gasteiger partial charge in [0.1, 0.15) is 0 Å². The maximum atomic E-state index is 6.25. The molecular formula is C33H28N6O. The van der Waals surface area contributed by atoms with Gasteiger partial charge >= 0.3 is 0 Å². The first-order valence-corrected chi connectivity index (χ1v) is 13.2. The number of nitrogen functional groups attached to an aromatic ring is 1. The van der Waals surface area contributed by atoms with Crippen LogP contribution in [0.4, 0.5) is 5.69 Å². The van der Waals surface area contributed by atoms with Gasteiger partial charge in [0.25, 0.3) is 0 Å². The molecule has 7 nitrogen and oxygen atoms in total. The van der Waals surface area contributed by atoms with E-state index in [9.17, 15) is 0 Å². The molecule has 0 fully saturated rings. The van der Waals surface area contributed by atoms with Crippen LogP contribution in [-0.2, 0) is 5.54 Å². The number of hydrogen-bond acceptors (Lipinski definition) is 6. The molecule has 196 valence electrons. The van der Waals surface area contributed by atoms with Gasteiger partial charge in [0.05, 0.1) is 6.61 Å². The normalized spacial score (nSPS) is 11.3. The van der Waals surface area contributed by atoms with Crippen LogP contribution >= 0.6 is 0 Å². The third-order valence-electron chi connectivity index (χ3n) is 6.91. The summed E-state index contributed by atoms with van der Waals surface area (Å²) in [6.07, 6.45) is 1.78. The lowest BCUT2D eigenvalue weighted by Crippen LogP contribution is -2.39. The smallest absolute Gasteiger partial charge is 0.213 e. The summed E-state index contributed by atoms with van der Waals surface area (Å²) < 4.78 is 5.53. The zero-order valence-corrected chi connectivity index (χ0v) is 22.1. The second kappa shape index (κ2) is 10.8. The van der Waals surface area contributed by atoms with Crippen LogP contribution in [-0.4, -0.2) is 31.8 Å². The van der Waals surface area contributed by atoms with Crippen LogP contribution in [0, 0.1) is 0 Å². The van der Waals surface area contributed by atoms with E-state index in [0.717, 1.165) is 33.4 Å². The monoisotopic (exact) mass is 524 g/mol. The van der Waals surface area contributed by atoms with E-state index in [-0.39, 0.29) is 0 Å². The summed E-state index contributed by atoms with van der Waals surface area (Å²) in [5, 5.41) is 14.3. The lowest BCUT2D eigenvalue weighted by molar-refractivity contribution is 0.327. The number of rotatable bonds is 8. The summed E-state index contributed by atoms with van der Waals surface area (Å²) in [6.45, 7) is 2.49. The van der Waals surface area contributed by atoms with E-state index in [2.05, 4.69) is 51.7 Å². The molecular weight excluding hydrogens is 496 g/mol. The second-order valence-electron chi connectivity index (χ2n) is 9.33. The molecule has 0 spiro atoms.